The van der Waals surface area contributed by atoms with Crippen LogP contribution in [-0.2, 0) is 4.79 Å². The van der Waals surface area contributed by atoms with Gasteiger partial charge < -0.3 is 14.7 Å². The minimum absolute atomic E-state index is 0.0337. The molecular formula is C18H27N5O2. The lowest BCUT2D eigenvalue weighted by Crippen LogP contribution is -2.67. The molecule has 3 saturated heterocycles. The van der Waals surface area contributed by atoms with E-state index in [0.29, 0.717) is 35.9 Å². The average molecular weight is 345 g/mol. The molecule has 3 aliphatic rings. The summed E-state index contributed by atoms with van der Waals surface area (Å²) in [6.07, 6.45) is 5.47. The Morgan fingerprint density at radius 3 is 2.88 bits per heavy atom. The van der Waals surface area contributed by atoms with Crippen molar-refractivity contribution in [1.82, 2.24) is 24.9 Å². The van der Waals surface area contributed by atoms with Crippen LogP contribution in [-0.4, -0.2) is 82.5 Å². The van der Waals surface area contributed by atoms with E-state index >= 15 is 0 Å². The summed E-state index contributed by atoms with van der Waals surface area (Å²) in [6, 6.07) is 2.24. The van der Waals surface area contributed by atoms with Crippen LogP contribution in [0.25, 0.3) is 0 Å². The standard InChI is InChI=1S/C18H27N5O2/c1-21(2)11-16-13-8-12(15-4-3-5-17(24)23(15)16)9-22(10-13)18(25)14-6-7-19-20-14/h6-7,12-13,15-16H,3-5,8-11H2,1-2H3,(H,19,20)/t12-,13+,15+,16+/m1/s1. The molecule has 1 aromatic heterocycles. The Bertz CT molecular complexity index is 644. The van der Waals surface area contributed by atoms with E-state index < -0.39 is 0 Å². The van der Waals surface area contributed by atoms with Gasteiger partial charge in [-0.15, -0.1) is 0 Å². The summed E-state index contributed by atoms with van der Waals surface area (Å²) in [5.41, 5.74) is 0.556. The first-order valence-corrected chi connectivity index (χ1v) is 9.29. The predicted molar refractivity (Wildman–Crippen MR) is 92.9 cm³/mol. The number of hydrogen-bond acceptors (Lipinski definition) is 4. The van der Waals surface area contributed by atoms with Crippen molar-refractivity contribution in [2.45, 2.75) is 37.8 Å². The lowest BCUT2D eigenvalue weighted by Gasteiger charge is -2.57. The van der Waals surface area contributed by atoms with Crippen LogP contribution in [0, 0.1) is 11.8 Å². The van der Waals surface area contributed by atoms with Gasteiger partial charge in [-0.3, -0.25) is 14.7 Å². The summed E-state index contributed by atoms with van der Waals surface area (Å²) in [5.74, 6) is 1.09. The van der Waals surface area contributed by atoms with Crippen LogP contribution < -0.4 is 0 Å². The zero-order chi connectivity index (χ0) is 17.6. The van der Waals surface area contributed by atoms with E-state index in [1.54, 1.807) is 12.3 Å². The number of amides is 2. The highest BCUT2D eigenvalue weighted by Crippen LogP contribution is 2.41. The average Bonchev–Trinajstić information content (AvgIpc) is 3.12. The molecule has 3 aliphatic heterocycles. The molecule has 0 unspecified atom stereocenters. The van der Waals surface area contributed by atoms with Crippen LogP contribution in [0.15, 0.2) is 12.3 Å². The number of likely N-dealkylation sites (tertiary alicyclic amines) is 1. The van der Waals surface area contributed by atoms with Gasteiger partial charge in [0.2, 0.25) is 5.91 Å². The number of carbonyl (C=O) groups excluding carboxylic acids is 2. The van der Waals surface area contributed by atoms with Crippen molar-refractivity contribution in [3.63, 3.8) is 0 Å². The fourth-order valence-corrected chi connectivity index (χ4v) is 5.09. The molecule has 7 heteroatoms. The molecule has 0 spiro atoms. The number of piperidine rings is 3. The molecule has 0 aliphatic carbocycles. The van der Waals surface area contributed by atoms with Gasteiger partial charge in [0.05, 0.1) is 0 Å². The minimum Gasteiger partial charge on any atom is -0.337 e. The van der Waals surface area contributed by atoms with Gasteiger partial charge in [0.15, 0.2) is 0 Å². The monoisotopic (exact) mass is 345 g/mol. The third-order valence-electron chi connectivity index (χ3n) is 6.07. The summed E-state index contributed by atoms with van der Waals surface area (Å²) in [4.78, 5) is 31.8. The van der Waals surface area contributed by atoms with Gasteiger partial charge in [-0.25, -0.2) is 0 Å². The second kappa shape index (κ2) is 6.44. The molecular weight excluding hydrogens is 318 g/mol. The number of aromatic amines is 1. The molecule has 7 nitrogen and oxygen atoms in total. The number of fused-ring (bicyclic) bond motifs is 4. The van der Waals surface area contributed by atoms with Gasteiger partial charge in [-0.2, -0.15) is 5.10 Å². The maximum Gasteiger partial charge on any atom is 0.271 e. The second-order valence-corrected chi connectivity index (χ2v) is 8.03. The summed E-state index contributed by atoms with van der Waals surface area (Å²) in [7, 11) is 4.12. The number of H-pyrrole nitrogens is 1. The van der Waals surface area contributed by atoms with Crippen LogP contribution in [0.5, 0.6) is 0 Å². The summed E-state index contributed by atoms with van der Waals surface area (Å²) in [5, 5.41) is 6.70. The fraction of sp³-hybridized carbons (Fsp3) is 0.722. The SMILES string of the molecule is CN(C)C[C@H]1[C@H]2C[C@H](CN(C(=O)c3ccn[nH]3)C2)[C@@H]2CCCC(=O)N21. The van der Waals surface area contributed by atoms with Gasteiger partial charge in [0.1, 0.15) is 5.69 Å². The van der Waals surface area contributed by atoms with E-state index in [0.717, 1.165) is 38.9 Å². The Morgan fingerprint density at radius 2 is 2.16 bits per heavy atom. The molecule has 136 valence electrons. The van der Waals surface area contributed by atoms with Crippen molar-refractivity contribution < 1.29 is 9.59 Å². The van der Waals surface area contributed by atoms with Crippen molar-refractivity contribution in [1.29, 1.82) is 0 Å². The fourth-order valence-electron chi connectivity index (χ4n) is 5.09. The number of carbonyl (C=O) groups is 2. The van der Waals surface area contributed by atoms with Gasteiger partial charge in [-0.05, 0) is 51.3 Å². The highest BCUT2D eigenvalue weighted by molar-refractivity contribution is 5.92. The van der Waals surface area contributed by atoms with Crippen molar-refractivity contribution in [2.24, 2.45) is 11.8 Å². The summed E-state index contributed by atoms with van der Waals surface area (Å²) < 4.78 is 0. The maximum absolute atomic E-state index is 12.8. The molecule has 1 N–H and O–H groups in total. The Morgan fingerprint density at radius 1 is 1.36 bits per heavy atom. The molecule has 25 heavy (non-hydrogen) atoms. The van der Waals surface area contributed by atoms with Crippen molar-refractivity contribution in [3.05, 3.63) is 18.0 Å². The largest absolute Gasteiger partial charge is 0.337 e. The lowest BCUT2D eigenvalue weighted by atomic mass is 9.72. The van der Waals surface area contributed by atoms with Gasteiger partial charge in [0, 0.05) is 44.3 Å². The Balaban J connectivity index is 1.60. The Hall–Kier alpha value is -1.89. The van der Waals surface area contributed by atoms with E-state index in [1.165, 1.54) is 0 Å². The molecule has 4 atom stereocenters. The topological polar surface area (TPSA) is 72.5 Å². The maximum atomic E-state index is 12.8. The molecule has 2 amide bonds. The van der Waals surface area contributed by atoms with E-state index in [9.17, 15) is 9.59 Å². The number of likely N-dealkylation sites (N-methyl/N-ethyl adjacent to an activating group) is 1. The smallest absolute Gasteiger partial charge is 0.271 e. The molecule has 4 rings (SSSR count). The number of aromatic nitrogens is 2. The first kappa shape index (κ1) is 16.6. The number of hydrogen-bond donors (Lipinski definition) is 1. The highest BCUT2D eigenvalue weighted by atomic mass is 16.2. The zero-order valence-electron chi connectivity index (χ0n) is 15.0. The molecule has 0 aromatic carbocycles. The summed E-state index contributed by atoms with van der Waals surface area (Å²) >= 11 is 0. The van der Waals surface area contributed by atoms with E-state index in [-0.39, 0.29) is 11.9 Å². The van der Waals surface area contributed by atoms with E-state index in [2.05, 4.69) is 34.1 Å². The van der Waals surface area contributed by atoms with Gasteiger partial charge in [-0.1, -0.05) is 0 Å². The van der Waals surface area contributed by atoms with Gasteiger partial charge in [0.25, 0.3) is 5.91 Å². The van der Waals surface area contributed by atoms with Crippen LogP contribution in [0.1, 0.15) is 36.2 Å². The van der Waals surface area contributed by atoms with E-state index in [4.69, 9.17) is 0 Å². The normalized spacial score (nSPS) is 32.0. The molecule has 2 bridgehead atoms. The second-order valence-electron chi connectivity index (χ2n) is 8.03. The van der Waals surface area contributed by atoms with E-state index in [1.807, 2.05) is 4.90 Å². The zero-order valence-corrected chi connectivity index (χ0v) is 15.0. The van der Waals surface area contributed by atoms with Crippen molar-refractivity contribution >= 4 is 11.8 Å². The van der Waals surface area contributed by atoms with Gasteiger partial charge >= 0.3 is 0 Å². The Kier molecular flexibility index (Phi) is 4.27. The van der Waals surface area contributed by atoms with Crippen molar-refractivity contribution in [2.75, 3.05) is 33.7 Å². The van der Waals surface area contributed by atoms with Crippen LogP contribution in [0.2, 0.25) is 0 Å². The quantitative estimate of drug-likeness (QED) is 0.880. The molecule has 1 aromatic rings. The molecule has 0 radical (unpaired) electrons. The summed E-state index contributed by atoms with van der Waals surface area (Å²) in [6.45, 7) is 2.34. The van der Waals surface area contributed by atoms with Crippen molar-refractivity contribution in [3.8, 4) is 0 Å². The number of rotatable bonds is 3. The predicted octanol–water partition coefficient (Wildman–Crippen LogP) is 0.813. The third kappa shape index (κ3) is 2.94. The molecule has 4 heterocycles. The minimum atomic E-state index is 0.0337. The van der Waals surface area contributed by atoms with Crippen LogP contribution in [0.4, 0.5) is 0 Å². The van der Waals surface area contributed by atoms with Crippen LogP contribution in [0.3, 0.4) is 0 Å². The highest BCUT2D eigenvalue weighted by Gasteiger charge is 2.50. The molecule has 3 fully saturated rings. The van der Waals surface area contributed by atoms with Crippen LogP contribution >= 0.6 is 0 Å². The first-order valence-electron chi connectivity index (χ1n) is 9.29. The molecule has 0 saturated carbocycles. The Labute approximate surface area is 148 Å². The third-order valence-corrected chi connectivity index (χ3v) is 6.07. The number of nitrogens with zero attached hydrogens (tertiary/aromatic N) is 4. The first-order chi connectivity index (χ1) is 12.0. The lowest BCUT2D eigenvalue weighted by molar-refractivity contribution is -0.152. The number of nitrogens with one attached hydrogen (secondary N) is 1.